The van der Waals surface area contributed by atoms with E-state index in [0.717, 1.165) is 4.68 Å². The molecule has 0 aliphatic carbocycles. The smallest absolute Gasteiger partial charge is 0.323 e. The largest absolute Gasteiger partial charge is 0.436 e. The summed E-state index contributed by atoms with van der Waals surface area (Å²) in [6.07, 6.45) is -4.82. The molecule has 0 radical (unpaired) electrons. The Balaban J connectivity index is 1.71. The Hall–Kier alpha value is -2.59. The number of nitrogens with one attached hydrogen (secondary N) is 1. The summed E-state index contributed by atoms with van der Waals surface area (Å²) in [7, 11) is 0. The van der Waals surface area contributed by atoms with Crippen LogP contribution in [0.5, 0.6) is 0 Å². The van der Waals surface area contributed by atoms with Crippen LogP contribution in [0.1, 0.15) is 34.8 Å². The number of aryl methyl sites for hydroxylation is 2. The van der Waals surface area contributed by atoms with Gasteiger partial charge in [-0.25, -0.2) is 4.39 Å². The van der Waals surface area contributed by atoms with Crippen molar-refractivity contribution in [1.29, 1.82) is 0 Å². The van der Waals surface area contributed by atoms with Crippen LogP contribution >= 0.6 is 23.2 Å². The van der Waals surface area contributed by atoms with Crippen LogP contribution in [0.15, 0.2) is 18.2 Å². The topological polar surface area (TPSA) is 64.7 Å². The summed E-state index contributed by atoms with van der Waals surface area (Å²) >= 11 is 11.8. The molecule has 0 atom stereocenters. The fourth-order valence-corrected chi connectivity index (χ4v) is 3.66. The van der Waals surface area contributed by atoms with Gasteiger partial charge in [0.15, 0.2) is 5.69 Å². The minimum atomic E-state index is -4.68. The lowest BCUT2D eigenvalue weighted by Crippen LogP contribution is -2.17. The summed E-state index contributed by atoms with van der Waals surface area (Å²) in [5.41, 5.74) is 0.720. The molecule has 0 spiro atoms. The van der Waals surface area contributed by atoms with Crippen molar-refractivity contribution < 1.29 is 22.4 Å². The molecule has 3 rings (SSSR count). The third kappa shape index (κ3) is 4.91. The summed E-state index contributed by atoms with van der Waals surface area (Å²) in [5.74, 6) is -0.915. The number of hydrogen-bond acceptors (Lipinski definition) is 3. The number of nitrogens with zero attached hydrogens (tertiary/aromatic N) is 4. The third-order valence-electron chi connectivity index (χ3n) is 4.97. The molecule has 6 nitrogen and oxygen atoms in total. The Morgan fingerprint density at radius 2 is 1.78 bits per heavy atom. The van der Waals surface area contributed by atoms with Crippen molar-refractivity contribution >= 4 is 34.8 Å². The van der Waals surface area contributed by atoms with Crippen molar-refractivity contribution in [2.24, 2.45) is 0 Å². The summed E-state index contributed by atoms with van der Waals surface area (Å²) < 4.78 is 55.5. The van der Waals surface area contributed by atoms with E-state index < -0.39 is 28.6 Å². The molecule has 2 heterocycles. The molecule has 1 aromatic carbocycles. The molecule has 0 aliphatic rings. The second kappa shape index (κ2) is 9.11. The second-order valence-corrected chi connectivity index (χ2v) is 7.96. The molecule has 0 saturated heterocycles. The van der Waals surface area contributed by atoms with Gasteiger partial charge < -0.3 is 5.32 Å². The minimum absolute atomic E-state index is 0.0687. The van der Waals surface area contributed by atoms with Crippen molar-refractivity contribution in [3.63, 3.8) is 0 Å². The number of carbonyl (C=O) groups excluding carboxylic acids is 1. The molecule has 0 unspecified atom stereocenters. The number of anilines is 1. The maximum atomic E-state index is 14.1. The molecule has 32 heavy (non-hydrogen) atoms. The second-order valence-electron chi connectivity index (χ2n) is 7.17. The average Bonchev–Trinajstić information content (AvgIpc) is 3.13. The standard InChI is InChI=1S/C20H19Cl2F4N5O/c1-10-18(12(3)31(28-10)9-13-14(21)5-4-6-15(13)23)27-16(32)7-8-30-11(2)17(22)19(29-30)20(24,25)26/h4-6H,7-9H2,1-3H3,(H,27,32). The number of rotatable bonds is 6. The zero-order chi connectivity index (χ0) is 23.8. The minimum Gasteiger partial charge on any atom is -0.323 e. The zero-order valence-corrected chi connectivity index (χ0v) is 18.8. The van der Waals surface area contributed by atoms with Gasteiger partial charge in [-0.05, 0) is 32.9 Å². The van der Waals surface area contributed by atoms with E-state index in [1.54, 1.807) is 19.9 Å². The predicted octanol–water partition coefficient (Wildman–Crippen LogP) is 5.55. The highest BCUT2D eigenvalue weighted by Crippen LogP contribution is 2.35. The first-order valence-corrected chi connectivity index (χ1v) is 10.2. The van der Waals surface area contributed by atoms with Gasteiger partial charge in [-0.15, -0.1) is 0 Å². The molecule has 3 aromatic rings. The number of amides is 1. The molecule has 0 saturated carbocycles. The normalized spacial score (nSPS) is 11.8. The van der Waals surface area contributed by atoms with Gasteiger partial charge in [-0.1, -0.05) is 29.3 Å². The summed E-state index contributed by atoms with van der Waals surface area (Å²) in [4.78, 5) is 12.4. The highest BCUT2D eigenvalue weighted by atomic mass is 35.5. The van der Waals surface area contributed by atoms with E-state index in [1.807, 2.05) is 0 Å². The molecule has 172 valence electrons. The molecule has 1 N–H and O–H groups in total. The van der Waals surface area contributed by atoms with Gasteiger partial charge in [0.2, 0.25) is 5.91 Å². The van der Waals surface area contributed by atoms with Crippen LogP contribution in [-0.4, -0.2) is 25.5 Å². The van der Waals surface area contributed by atoms with Gasteiger partial charge in [0.25, 0.3) is 0 Å². The van der Waals surface area contributed by atoms with Crippen LogP contribution < -0.4 is 5.32 Å². The zero-order valence-electron chi connectivity index (χ0n) is 17.3. The number of alkyl halides is 3. The van der Waals surface area contributed by atoms with Gasteiger partial charge in [-0.2, -0.15) is 23.4 Å². The first-order valence-electron chi connectivity index (χ1n) is 9.47. The van der Waals surface area contributed by atoms with Crippen molar-refractivity contribution in [2.45, 2.75) is 46.5 Å². The van der Waals surface area contributed by atoms with Gasteiger partial charge in [0.05, 0.1) is 40.9 Å². The number of benzene rings is 1. The maximum Gasteiger partial charge on any atom is 0.436 e. The summed E-state index contributed by atoms with van der Waals surface area (Å²) in [6.45, 7) is 4.75. The lowest BCUT2D eigenvalue weighted by Gasteiger charge is -2.09. The van der Waals surface area contributed by atoms with E-state index in [-0.39, 0.29) is 35.8 Å². The van der Waals surface area contributed by atoms with E-state index in [9.17, 15) is 22.4 Å². The van der Waals surface area contributed by atoms with Crippen LogP contribution in [0.25, 0.3) is 0 Å². The highest BCUT2D eigenvalue weighted by Gasteiger charge is 2.38. The van der Waals surface area contributed by atoms with Crippen LogP contribution in [0.4, 0.5) is 23.2 Å². The Morgan fingerprint density at radius 1 is 1.09 bits per heavy atom. The lowest BCUT2D eigenvalue weighted by atomic mass is 10.2. The number of halogens is 6. The fourth-order valence-electron chi connectivity index (χ4n) is 3.20. The van der Waals surface area contributed by atoms with E-state index >= 15 is 0 Å². The molecular weight excluding hydrogens is 473 g/mol. The van der Waals surface area contributed by atoms with Crippen molar-refractivity contribution in [3.8, 4) is 0 Å². The Bertz CT molecular complexity index is 1150. The van der Waals surface area contributed by atoms with Crippen LogP contribution in [0.2, 0.25) is 10.0 Å². The van der Waals surface area contributed by atoms with Crippen LogP contribution in [-0.2, 0) is 24.1 Å². The SMILES string of the molecule is Cc1nn(Cc2c(F)cccc2Cl)c(C)c1NC(=O)CCn1nc(C(F)(F)F)c(Cl)c1C. The molecule has 0 bridgehead atoms. The molecule has 0 fully saturated rings. The van der Waals surface area contributed by atoms with E-state index in [0.29, 0.717) is 17.1 Å². The van der Waals surface area contributed by atoms with Gasteiger partial charge >= 0.3 is 6.18 Å². The third-order valence-corrected chi connectivity index (χ3v) is 5.77. The molecule has 12 heteroatoms. The highest BCUT2D eigenvalue weighted by molar-refractivity contribution is 6.32. The molecule has 0 aliphatic heterocycles. The van der Waals surface area contributed by atoms with Crippen LogP contribution in [0, 0.1) is 26.6 Å². The Labute approximate surface area is 191 Å². The van der Waals surface area contributed by atoms with E-state index in [1.165, 1.54) is 23.7 Å². The molecule has 2 aromatic heterocycles. The van der Waals surface area contributed by atoms with Crippen LogP contribution in [0.3, 0.4) is 0 Å². The quantitative estimate of drug-likeness (QED) is 0.460. The average molecular weight is 492 g/mol. The van der Waals surface area contributed by atoms with Crippen molar-refractivity contribution in [2.75, 3.05) is 5.32 Å². The fraction of sp³-hybridized carbons (Fsp3) is 0.350. The van der Waals surface area contributed by atoms with Crippen molar-refractivity contribution in [3.05, 3.63) is 62.4 Å². The number of carbonyl (C=O) groups is 1. The van der Waals surface area contributed by atoms with E-state index in [4.69, 9.17) is 23.2 Å². The first-order chi connectivity index (χ1) is 14.9. The van der Waals surface area contributed by atoms with E-state index in [2.05, 4.69) is 15.5 Å². The number of hydrogen-bond donors (Lipinski definition) is 1. The predicted molar refractivity (Wildman–Crippen MR) is 112 cm³/mol. The monoisotopic (exact) mass is 491 g/mol. The lowest BCUT2D eigenvalue weighted by molar-refractivity contribution is -0.141. The Morgan fingerprint density at radius 3 is 2.38 bits per heavy atom. The van der Waals surface area contributed by atoms with Crippen molar-refractivity contribution in [1.82, 2.24) is 19.6 Å². The van der Waals surface area contributed by atoms with Gasteiger partial charge in [0.1, 0.15) is 5.82 Å². The van der Waals surface area contributed by atoms with Gasteiger partial charge in [0, 0.05) is 17.0 Å². The van der Waals surface area contributed by atoms with Gasteiger partial charge in [-0.3, -0.25) is 14.2 Å². The molecular formula is C20H19Cl2F4N5O. The summed E-state index contributed by atoms with van der Waals surface area (Å²) in [5, 5.41) is 10.3. The number of aromatic nitrogens is 4. The maximum absolute atomic E-state index is 14.1. The molecule has 1 amide bonds. The Kier molecular flexibility index (Phi) is 6.85. The first kappa shape index (κ1) is 24.1. The summed E-state index contributed by atoms with van der Waals surface area (Å²) in [6, 6.07) is 4.37.